The number of furan rings is 1. The summed E-state index contributed by atoms with van der Waals surface area (Å²) < 4.78 is 28.9. The predicted octanol–water partition coefficient (Wildman–Crippen LogP) is 3.98. The molecule has 0 fully saturated rings. The molecule has 1 N–H and O–H groups in total. The number of methoxy groups -OCH3 is 1. The number of hydrogen-bond donors (Lipinski definition) is 1. The van der Waals surface area contributed by atoms with Crippen LogP contribution in [-0.2, 0) is 4.79 Å². The maximum Gasteiger partial charge on any atom is 0.264 e. The van der Waals surface area contributed by atoms with E-state index in [1.54, 1.807) is 31.4 Å². The normalized spacial score (nSPS) is 10.1. The summed E-state index contributed by atoms with van der Waals surface area (Å²) in [6, 6.07) is 15.9. The van der Waals surface area contributed by atoms with Crippen LogP contribution in [0.1, 0.15) is 5.56 Å². The molecule has 2 aromatic carbocycles. The Balaban J connectivity index is 1.70. The van der Waals surface area contributed by atoms with Crippen molar-refractivity contribution >= 4 is 11.8 Å². The maximum absolute atomic E-state index is 12.9. The van der Waals surface area contributed by atoms with Gasteiger partial charge >= 0.3 is 0 Å². The zero-order valence-corrected chi connectivity index (χ0v) is 14.4. The highest BCUT2D eigenvalue weighted by Gasteiger charge is 2.16. The van der Waals surface area contributed by atoms with Gasteiger partial charge in [0.1, 0.15) is 34.7 Å². The van der Waals surface area contributed by atoms with Crippen LogP contribution < -0.4 is 14.8 Å². The summed E-state index contributed by atoms with van der Waals surface area (Å²) in [5.74, 6) is 0.529. The fourth-order valence-corrected chi connectivity index (χ4v) is 2.33. The van der Waals surface area contributed by atoms with Gasteiger partial charge in [0.15, 0.2) is 6.61 Å². The smallest absolute Gasteiger partial charge is 0.264 e. The van der Waals surface area contributed by atoms with E-state index in [0.29, 0.717) is 22.8 Å². The first kappa shape index (κ1) is 18.0. The van der Waals surface area contributed by atoms with E-state index in [1.165, 1.54) is 30.3 Å². The number of halogens is 1. The van der Waals surface area contributed by atoms with Crippen LogP contribution in [0.5, 0.6) is 11.5 Å². The summed E-state index contributed by atoms with van der Waals surface area (Å²) in [6.07, 6.45) is 0. The van der Waals surface area contributed by atoms with E-state index in [2.05, 4.69) is 5.32 Å². The Hall–Kier alpha value is -3.79. The van der Waals surface area contributed by atoms with Gasteiger partial charge in [0.2, 0.25) is 5.88 Å². The number of anilines is 1. The monoisotopic (exact) mass is 366 g/mol. The van der Waals surface area contributed by atoms with Crippen LogP contribution >= 0.6 is 0 Å². The summed E-state index contributed by atoms with van der Waals surface area (Å²) in [4.78, 5) is 12.1. The van der Waals surface area contributed by atoms with Crippen molar-refractivity contribution < 1.29 is 23.1 Å². The van der Waals surface area contributed by atoms with E-state index in [4.69, 9.17) is 13.9 Å². The molecular formula is C20H15FN2O4. The van der Waals surface area contributed by atoms with Gasteiger partial charge in [-0.05, 0) is 36.4 Å². The van der Waals surface area contributed by atoms with E-state index >= 15 is 0 Å². The zero-order chi connectivity index (χ0) is 19.2. The Labute approximate surface area is 154 Å². The number of hydrogen-bond acceptors (Lipinski definition) is 5. The largest absolute Gasteiger partial charge is 0.497 e. The topological polar surface area (TPSA) is 84.5 Å². The van der Waals surface area contributed by atoms with E-state index < -0.39 is 11.7 Å². The molecule has 3 rings (SSSR count). The second-order valence-electron chi connectivity index (χ2n) is 5.49. The minimum absolute atomic E-state index is 0.0306. The number of nitrogens with zero attached hydrogens (tertiary/aromatic N) is 1. The van der Waals surface area contributed by atoms with Gasteiger partial charge in [-0.2, -0.15) is 5.26 Å². The molecule has 0 aliphatic heterocycles. The van der Waals surface area contributed by atoms with Crippen molar-refractivity contribution in [2.75, 3.05) is 19.0 Å². The molecule has 3 aromatic rings. The molecular weight excluding hydrogens is 351 g/mol. The SMILES string of the molecule is COc1cccc(-c2cc(C#N)c(NC(=O)COc3ccc(F)cc3)o2)c1. The van der Waals surface area contributed by atoms with Gasteiger partial charge in [0.05, 0.1) is 7.11 Å². The molecule has 1 aromatic heterocycles. The van der Waals surface area contributed by atoms with Crippen molar-refractivity contribution in [3.05, 3.63) is 66.0 Å². The Morgan fingerprint density at radius 2 is 1.96 bits per heavy atom. The van der Waals surface area contributed by atoms with Crippen molar-refractivity contribution in [3.63, 3.8) is 0 Å². The molecule has 7 heteroatoms. The number of carbonyl (C=O) groups is 1. The quantitative estimate of drug-likeness (QED) is 0.713. The Kier molecular flexibility index (Phi) is 5.38. The fourth-order valence-electron chi connectivity index (χ4n) is 2.33. The van der Waals surface area contributed by atoms with Crippen LogP contribution in [0, 0.1) is 17.1 Å². The highest BCUT2D eigenvalue weighted by molar-refractivity contribution is 5.92. The highest BCUT2D eigenvalue weighted by Crippen LogP contribution is 2.30. The Morgan fingerprint density at radius 1 is 1.19 bits per heavy atom. The number of amides is 1. The molecule has 0 spiro atoms. The summed E-state index contributed by atoms with van der Waals surface area (Å²) >= 11 is 0. The second kappa shape index (κ2) is 8.06. The van der Waals surface area contributed by atoms with Crippen LogP contribution in [0.3, 0.4) is 0 Å². The molecule has 0 saturated heterocycles. The number of nitrogens with one attached hydrogen (secondary N) is 1. The lowest BCUT2D eigenvalue weighted by Crippen LogP contribution is -2.20. The van der Waals surface area contributed by atoms with Gasteiger partial charge < -0.3 is 13.9 Å². The third-order valence-electron chi connectivity index (χ3n) is 3.64. The molecule has 0 aliphatic rings. The highest BCUT2D eigenvalue weighted by atomic mass is 19.1. The summed E-state index contributed by atoms with van der Waals surface area (Å²) in [6.45, 7) is -0.314. The van der Waals surface area contributed by atoms with Gasteiger partial charge in [-0.15, -0.1) is 0 Å². The van der Waals surface area contributed by atoms with Crippen LogP contribution in [0.15, 0.2) is 59.0 Å². The number of carbonyl (C=O) groups excluding carboxylic acids is 1. The molecule has 0 radical (unpaired) electrons. The predicted molar refractivity (Wildman–Crippen MR) is 95.9 cm³/mol. The third kappa shape index (κ3) is 4.44. The molecule has 0 bridgehead atoms. The van der Waals surface area contributed by atoms with Crippen molar-refractivity contribution in [1.29, 1.82) is 5.26 Å². The van der Waals surface area contributed by atoms with Gasteiger partial charge in [0.25, 0.3) is 5.91 Å². The summed E-state index contributed by atoms with van der Waals surface area (Å²) in [5, 5.41) is 11.8. The molecule has 6 nitrogen and oxygen atoms in total. The van der Waals surface area contributed by atoms with E-state index in [-0.39, 0.29) is 18.1 Å². The fraction of sp³-hybridized carbons (Fsp3) is 0.100. The van der Waals surface area contributed by atoms with Gasteiger partial charge in [-0.1, -0.05) is 12.1 Å². The van der Waals surface area contributed by atoms with Crippen molar-refractivity contribution in [2.24, 2.45) is 0 Å². The Morgan fingerprint density at radius 3 is 2.67 bits per heavy atom. The molecule has 0 unspecified atom stereocenters. The number of nitriles is 1. The third-order valence-corrected chi connectivity index (χ3v) is 3.64. The minimum Gasteiger partial charge on any atom is -0.497 e. The van der Waals surface area contributed by atoms with Gasteiger partial charge in [0, 0.05) is 11.6 Å². The van der Waals surface area contributed by atoms with E-state index in [9.17, 15) is 14.4 Å². The molecule has 27 heavy (non-hydrogen) atoms. The van der Waals surface area contributed by atoms with Crippen LogP contribution in [0.2, 0.25) is 0 Å². The number of rotatable bonds is 6. The molecule has 1 amide bonds. The lowest BCUT2D eigenvalue weighted by molar-refractivity contribution is -0.118. The van der Waals surface area contributed by atoms with Crippen molar-refractivity contribution in [3.8, 4) is 28.9 Å². The first-order valence-electron chi connectivity index (χ1n) is 7.95. The molecule has 1 heterocycles. The first-order chi connectivity index (χ1) is 13.1. The zero-order valence-electron chi connectivity index (χ0n) is 14.4. The average molecular weight is 366 g/mol. The minimum atomic E-state index is -0.512. The summed E-state index contributed by atoms with van der Waals surface area (Å²) in [7, 11) is 1.55. The van der Waals surface area contributed by atoms with Crippen LogP contribution in [-0.4, -0.2) is 19.6 Å². The number of ether oxygens (including phenoxy) is 2. The Bertz CT molecular complexity index is 990. The van der Waals surface area contributed by atoms with Crippen LogP contribution in [0.4, 0.5) is 10.3 Å². The van der Waals surface area contributed by atoms with E-state index in [0.717, 1.165) is 0 Å². The second-order valence-corrected chi connectivity index (χ2v) is 5.49. The number of benzene rings is 2. The lowest BCUT2D eigenvalue weighted by Gasteiger charge is -2.06. The summed E-state index contributed by atoms with van der Waals surface area (Å²) in [5.41, 5.74) is 0.886. The molecule has 0 aliphatic carbocycles. The standard InChI is InChI=1S/C20H15FN2O4/c1-25-17-4-2-3-13(9-17)18-10-14(11-22)20(27-18)23-19(24)12-26-16-7-5-15(21)6-8-16/h2-10H,12H2,1H3,(H,23,24). The van der Waals surface area contributed by atoms with E-state index in [1.807, 2.05) is 6.07 Å². The van der Waals surface area contributed by atoms with Gasteiger partial charge in [-0.25, -0.2) is 4.39 Å². The van der Waals surface area contributed by atoms with Crippen LogP contribution in [0.25, 0.3) is 11.3 Å². The average Bonchev–Trinajstić information content (AvgIpc) is 3.10. The maximum atomic E-state index is 12.9. The molecule has 0 atom stereocenters. The lowest BCUT2D eigenvalue weighted by atomic mass is 10.1. The van der Waals surface area contributed by atoms with Gasteiger partial charge in [-0.3, -0.25) is 10.1 Å². The van der Waals surface area contributed by atoms with Crippen molar-refractivity contribution in [2.45, 2.75) is 0 Å². The molecule has 0 saturated carbocycles. The molecule has 136 valence electrons. The first-order valence-corrected chi connectivity index (χ1v) is 7.95. The van der Waals surface area contributed by atoms with Crippen molar-refractivity contribution in [1.82, 2.24) is 0 Å².